The molecule has 3 aromatic rings. The number of aliphatic hydroxyl groups excluding tert-OH is 1. The van der Waals surface area contributed by atoms with Crippen LogP contribution in [0.5, 0.6) is 5.75 Å². The van der Waals surface area contributed by atoms with Gasteiger partial charge in [-0.1, -0.05) is 12.1 Å². The maximum Gasteiger partial charge on any atom is 0.227 e. The van der Waals surface area contributed by atoms with E-state index in [-0.39, 0.29) is 18.2 Å². The average Bonchev–Trinajstić information content (AvgIpc) is 3.20. The van der Waals surface area contributed by atoms with E-state index < -0.39 is 0 Å². The summed E-state index contributed by atoms with van der Waals surface area (Å²) in [7, 11) is 1.67. The van der Waals surface area contributed by atoms with Crippen molar-refractivity contribution < 1.29 is 9.84 Å². The Morgan fingerprint density at radius 2 is 1.87 bits per heavy atom. The summed E-state index contributed by atoms with van der Waals surface area (Å²) in [6.07, 6.45) is 5.99. The van der Waals surface area contributed by atoms with Gasteiger partial charge in [0.25, 0.3) is 0 Å². The Morgan fingerprint density at radius 1 is 1.13 bits per heavy atom. The Kier molecular flexibility index (Phi) is 6.56. The van der Waals surface area contributed by atoms with Crippen molar-refractivity contribution in [2.24, 2.45) is 0 Å². The van der Waals surface area contributed by atoms with E-state index in [9.17, 15) is 5.11 Å². The first-order valence-electron chi connectivity index (χ1n) is 11.1. The Morgan fingerprint density at radius 3 is 2.55 bits per heavy atom. The van der Waals surface area contributed by atoms with Crippen LogP contribution >= 0.6 is 0 Å². The molecule has 1 aromatic carbocycles. The number of nitrogens with zero attached hydrogens (tertiary/aromatic N) is 4. The lowest BCUT2D eigenvalue weighted by Crippen LogP contribution is -2.29. The maximum atomic E-state index is 9.78. The molecule has 2 aromatic heterocycles. The van der Waals surface area contributed by atoms with Gasteiger partial charge in [-0.25, -0.2) is 4.98 Å². The van der Waals surface area contributed by atoms with Crippen LogP contribution in [0.25, 0.3) is 11.2 Å². The van der Waals surface area contributed by atoms with Gasteiger partial charge in [0.05, 0.1) is 19.5 Å². The van der Waals surface area contributed by atoms with Crippen molar-refractivity contribution in [3.8, 4) is 5.75 Å². The SMILES string of the molecule is COc1ccc(CCNc2nc(NC3CCC(O)CC3)nc3c2ncn3C(C)C)cc1. The monoisotopic (exact) mass is 424 g/mol. The first-order valence-corrected chi connectivity index (χ1v) is 11.1. The lowest BCUT2D eigenvalue weighted by molar-refractivity contribution is 0.126. The zero-order chi connectivity index (χ0) is 21.8. The van der Waals surface area contributed by atoms with Gasteiger partial charge in [-0.05, 0) is 63.6 Å². The smallest absolute Gasteiger partial charge is 0.227 e. The summed E-state index contributed by atoms with van der Waals surface area (Å²) in [6.45, 7) is 4.98. The standard InChI is InChI=1S/C23H32N6O2/c1-15(2)29-14-25-20-21(24-13-12-16-4-10-19(31-3)11-5-16)27-23(28-22(20)29)26-17-6-8-18(30)9-7-17/h4-5,10-11,14-15,17-18,30H,6-9,12-13H2,1-3H3,(H2,24,26,27,28). The molecule has 1 fully saturated rings. The summed E-state index contributed by atoms with van der Waals surface area (Å²) in [4.78, 5) is 14.1. The second-order valence-electron chi connectivity index (χ2n) is 8.49. The molecule has 8 nitrogen and oxygen atoms in total. The lowest BCUT2D eigenvalue weighted by atomic mass is 9.93. The van der Waals surface area contributed by atoms with E-state index in [1.54, 1.807) is 7.11 Å². The highest BCUT2D eigenvalue weighted by Crippen LogP contribution is 2.26. The number of hydrogen-bond donors (Lipinski definition) is 3. The fourth-order valence-corrected chi connectivity index (χ4v) is 4.00. The zero-order valence-corrected chi connectivity index (χ0v) is 18.5. The van der Waals surface area contributed by atoms with Gasteiger partial charge in [0, 0.05) is 18.6 Å². The number of methoxy groups -OCH3 is 1. The van der Waals surface area contributed by atoms with E-state index in [1.165, 1.54) is 5.56 Å². The van der Waals surface area contributed by atoms with Crippen LogP contribution in [0.3, 0.4) is 0 Å². The number of imidazole rings is 1. The van der Waals surface area contributed by atoms with Crippen LogP contribution in [-0.4, -0.2) is 50.4 Å². The molecule has 0 bridgehead atoms. The molecule has 0 radical (unpaired) electrons. The molecule has 0 aliphatic heterocycles. The Hall–Kier alpha value is -2.87. The van der Waals surface area contributed by atoms with Crippen molar-refractivity contribution in [3.05, 3.63) is 36.2 Å². The summed E-state index contributed by atoms with van der Waals surface area (Å²) in [5.41, 5.74) is 2.84. The van der Waals surface area contributed by atoms with Crippen LogP contribution in [-0.2, 0) is 6.42 Å². The van der Waals surface area contributed by atoms with Crippen molar-refractivity contribution in [1.82, 2.24) is 19.5 Å². The minimum absolute atomic E-state index is 0.181. The molecule has 31 heavy (non-hydrogen) atoms. The molecule has 0 spiro atoms. The predicted molar refractivity (Wildman–Crippen MR) is 123 cm³/mol. The highest BCUT2D eigenvalue weighted by Gasteiger charge is 2.21. The summed E-state index contributed by atoms with van der Waals surface area (Å²) in [5, 5.41) is 16.7. The molecular weight excluding hydrogens is 392 g/mol. The van der Waals surface area contributed by atoms with Gasteiger partial charge in [-0.2, -0.15) is 9.97 Å². The molecule has 1 saturated carbocycles. The van der Waals surface area contributed by atoms with Gasteiger partial charge in [0.2, 0.25) is 5.95 Å². The fourth-order valence-electron chi connectivity index (χ4n) is 4.00. The van der Waals surface area contributed by atoms with Gasteiger partial charge >= 0.3 is 0 Å². The van der Waals surface area contributed by atoms with Crippen molar-refractivity contribution >= 4 is 22.9 Å². The van der Waals surface area contributed by atoms with Crippen molar-refractivity contribution in [2.75, 3.05) is 24.3 Å². The van der Waals surface area contributed by atoms with E-state index in [2.05, 4.69) is 46.2 Å². The minimum atomic E-state index is -0.181. The van der Waals surface area contributed by atoms with Gasteiger partial charge < -0.3 is 25.0 Å². The molecule has 0 unspecified atom stereocenters. The number of fused-ring (bicyclic) bond motifs is 1. The molecule has 0 amide bonds. The van der Waals surface area contributed by atoms with E-state index in [4.69, 9.17) is 14.7 Å². The van der Waals surface area contributed by atoms with Crippen molar-refractivity contribution in [1.29, 1.82) is 0 Å². The maximum absolute atomic E-state index is 9.78. The van der Waals surface area contributed by atoms with Crippen LogP contribution in [0.15, 0.2) is 30.6 Å². The van der Waals surface area contributed by atoms with Crippen LogP contribution < -0.4 is 15.4 Å². The Labute approximate surface area is 183 Å². The first kappa shape index (κ1) is 21.4. The molecular formula is C23H32N6O2. The third-order valence-corrected chi connectivity index (χ3v) is 5.87. The second kappa shape index (κ2) is 9.51. The largest absolute Gasteiger partial charge is 0.497 e. The number of anilines is 2. The highest BCUT2D eigenvalue weighted by atomic mass is 16.5. The molecule has 1 aliphatic carbocycles. The Balaban J connectivity index is 1.52. The third kappa shape index (κ3) is 5.07. The molecule has 3 N–H and O–H groups in total. The number of ether oxygens (including phenoxy) is 1. The van der Waals surface area contributed by atoms with Gasteiger partial charge in [-0.3, -0.25) is 0 Å². The summed E-state index contributed by atoms with van der Waals surface area (Å²) < 4.78 is 7.30. The molecule has 0 saturated heterocycles. The third-order valence-electron chi connectivity index (χ3n) is 5.87. The predicted octanol–water partition coefficient (Wildman–Crippen LogP) is 3.79. The molecule has 166 valence electrons. The van der Waals surface area contributed by atoms with E-state index in [1.807, 2.05) is 18.5 Å². The molecule has 0 atom stereocenters. The Bertz CT molecular complexity index is 993. The van der Waals surface area contributed by atoms with E-state index in [0.717, 1.165) is 61.4 Å². The average molecular weight is 425 g/mol. The van der Waals surface area contributed by atoms with Gasteiger partial charge in [0.15, 0.2) is 17.0 Å². The van der Waals surface area contributed by atoms with Crippen LogP contribution in [0.2, 0.25) is 0 Å². The number of benzene rings is 1. The van der Waals surface area contributed by atoms with E-state index in [0.29, 0.717) is 5.95 Å². The fraction of sp³-hybridized carbons (Fsp3) is 0.522. The number of aromatic nitrogens is 4. The number of aliphatic hydroxyl groups is 1. The number of rotatable bonds is 8. The highest BCUT2D eigenvalue weighted by molar-refractivity contribution is 5.84. The van der Waals surface area contributed by atoms with Gasteiger partial charge in [-0.15, -0.1) is 0 Å². The van der Waals surface area contributed by atoms with Crippen LogP contribution in [0.1, 0.15) is 51.1 Å². The zero-order valence-electron chi connectivity index (χ0n) is 18.5. The molecule has 2 heterocycles. The van der Waals surface area contributed by atoms with Crippen LogP contribution in [0, 0.1) is 0 Å². The normalized spacial score (nSPS) is 19.0. The molecule has 8 heteroatoms. The lowest BCUT2D eigenvalue weighted by Gasteiger charge is -2.26. The minimum Gasteiger partial charge on any atom is -0.497 e. The summed E-state index contributed by atoms with van der Waals surface area (Å²) in [5.74, 6) is 2.22. The quantitative estimate of drug-likeness (QED) is 0.506. The first-order chi connectivity index (χ1) is 15.0. The van der Waals surface area contributed by atoms with Crippen LogP contribution in [0.4, 0.5) is 11.8 Å². The second-order valence-corrected chi connectivity index (χ2v) is 8.49. The number of nitrogens with one attached hydrogen (secondary N) is 2. The molecule has 1 aliphatic rings. The van der Waals surface area contributed by atoms with E-state index >= 15 is 0 Å². The van der Waals surface area contributed by atoms with Crippen molar-refractivity contribution in [2.45, 2.75) is 64.1 Å². The van der Waals surface area contributed by atoms with Crippen molar-refractivity contribution in [3.63, 3.8) is 0 Å². The summed E-state index contributed by atoms with van der Waals surface area (Å²) >= 11 is 0. The van der Waals surface area contributed by atoms with Gasteiger partial charge in [0.1, 0.15) is 5.75 Å². The molecule has 4 rings (SSSR count). The summed E-state index contributed by atoms with van der Waals surface area (Å²) in [6, 6.07) is 8.65. The number of hydrogen-bond acceptors (Lipinski definition) is 7. The topological polar surface area (TPSA) is 97.1 Å².